The maximum absolute atomic E-state index is 9.32. The molecule has 1 fully saturated rings. The van der Waals surface area contributed by atoms with E-state index in [0.717, 1.165) is 12.5 Å². The zero-order chi connectivity index (χ0) is 10.6. The van der Waals surface area contributed by atoms with Gasteiger partial charge in [0.2, 0.25) is 0 Å². The fraction of sp³-hybridized carbons (Fsp3) is 1.00. The number of nitrogens with one attached hydrogen (secondary N) is 1. The Morgan fingerprint density at radius 2 is 1.93 bits per heavy atom. The number of piperidine rings is 1. The molecule has 0 aliphatic carbocycles. The fourth-order valence-corrected chi connectivity index (χ4v) is 1.79. The molecule has 0 bridgehead atoms. The van der Waals surface area contributed by atoms with Crippen LogP contribution in [-0.4, -0.2) is 48.8 Å². The summed E-state index contributed by atoms with van der Waals surface area (Å²) >= 11 is 0. The second kappa shape index (κ2) is 5.69. The van der Waals surface area contributed by atoms with E-state index in [4.69, 9.17) is 0 Å². The summed E-state index contributed by atoms with van der Waals surface area (Å²) in [5.41, 5.74) is 0. The molecule has 0 radical (unpaired) electrons. The molecule has 0 aromatic carbocycles. The summed E-state index contributed by atoms with van der Waals surface area (Å²) in [7, 11) is 2.18. The third-order valence-corrected chi connectivity index (χ3v) is 3.29. The van der Waals surface area contributed by atoms with Crippen molar-refractivity contribution in [1.82, 2.24) is 10.2 Å². The quantitative estimate of drug-likeness (QED) is 0.701. The lowest BCUT2D eigenvalue weighted by Crippen LogP contribution is -2.41. The molecule has 14 heavy (non-hydrogen) atoms. The van der Waals surface area contributed by atoms with E-state index in [1.165, 1.54) is 25.9 Å². The Balaban J connectivity index is 2.13. The highest BCUT2D eigenvalue weighted by Crippen LogP contribution is 2.14. The summed E-state index contributed by atoms with van der Waals surface area (Å²) < 4.78 is 0. The highest BCUT2D eigenvalue weighted by molar-refractivity contribution is 4.74. The van der Waals surface area contributed by atoms with E-state index in [0.29, 0.717) is 0 Å². The summed E-state index contributed by atoms with van der Waals surface area (Å²) in [6.45, 7) is 7.37. The Morgan fingerprint density at radius 1 is 1.36 bits per heavy atom. The monoisotopic (exact) mass is 200 g/mol. The fourth-order valence-electron chi connectivity index (χ4n) is 1.79. The van der Waals surface area contributed by atoms with Crippen molar-refractivity contribution < 1.29 is 5.11 Å². The van der Waals surface area contributed by atoms with E-state index in [9.17, 15) is 5.11 Å². The van der Waals surface area contributed by atoms with Gasteiger partial charge in [0.05, 0.1) is 6.10 Å². The van der Waals surface area contributed by atoms with Gasteiger partial charge in [0.1, 0.15) is 0 Å². The van der Waals surface area contributed by atoms with Gasteiger partial charge >= 0.3 is 0 Å². The average molecular weight is 200 g/mol. The van der Waals surface area contributed by atoms with E-state index >= 15 is 0 Å². The summed E-state index contributed by atoms with van der Waals surface area (Å²) in [6.07, 6.45) is 2.33. The summed E-state index contributed by atoms with van der Waals surface area (Å²) in [6, 6.07) is 0.217. The molecule has 1 aliphatic rings. The molecule has 3 heteroatoms. The molecule has 0 aromatic rings. The maximum Gasteiger partial charge on any atom is 0.0662 e. The van der Waals surface area contributed by atoms with Gasteiger partial charge in [-0.15, -0.1) is 0 Å². The van der Waals surface area contributed by atoms with Gasteiger partial charge in [0.15, 0.2) is 0 Å². The van der Waals surface area contributed by atoms with Crippen molar-refractivity contribution in [2.75, 3.05) is 26.7 Å². The zero-order valence-electron chi connectivity index (χ0n) is 9.66. The van der Waals surface area contributed by atoms with Gasteiger partial charge in [-0.05, 0) is 59.3 Å². The average Bonchev–Trinajstić information content (AvgIpc) is 2.16. The van der Waals surface area contributed by atoms with Gasteiger partial charge < -0.3 is 15.3 Å². The molecular formula is C11H24N2O. The third-order valence-electron chi connectivity index (χ3n) is 3.29. The Kier molecular flexibility index (Phi) is 4.85. The number of rotatable bonds is 4. The first kappa shape index (κ1) is 12.0. The largest absolute Gasteiger partial charge is 0.392 e. The Bertz CT molecular complexity index is 153. The van der Waals surface area contributed by atoms with Crippen molar-refractivity contribution in [3.63, 3.8) is 0 Å². The van der Waals surface area contributed by atoms with Crippen molar-refractivity contribution in [2.24, 2.45) is 5.92 Å². The van der Waals surface area contributed by atoms with Crippen LogP contribution in [0, 0.1) is 5.92 Å². The first-order chi connectivity index (χ1) is 6.59. The van der Waals surface area contributed by atoms with Crippen molar-refractivity contribution in [3.05, 3.63) is 0 Å². The highest BCUT2D eigenvalue weighted by atomic mass is 16.3. The molecular weight excluding hydrogens is 176 g/mol. The number of likely N-dealkylation sites (tertiary alicyclic amines) is 1. The Morgan fingerprint density at radius 3 is 2.43 bits per heavy atom. The molecule has 3 nitrogen and oxygen atoms in total. The Labute approximate surface area is 87.5 Å². The molecule has 0 aromatic heterocycles. The standard InChI is InChI=1S/C11H24N2O/c1-9(10(2)14)12-8-11-4-6-13(3)7-5-11/h9-12,14H,4-8H2,1-3H3. The van der Waals surface area contributed by atoms with Crippen LogP contribution in [0.15, 0.2) is 0 Å². The van der Waals surface area contributed by atoms with Gasteiger partial charge in [-0.1, -0.05) is 0 Å². The van der Waals surface area contributed by atoms with E-state index in [-0.39, 0.29) is 12.1 Å². The van der Waals surface area contributed by atoms with Gasteiger partial charge in [-0.25, -0.2) is 0 Å². The topological polar surface area (TPSA) is 35.5 Å². The Hall–Kier alpha value is -0.120. The van der Waals surface area contributed by atoms with Gasteiger partial charge in [0.25, 0.3) is 0 Å². The number of hydrogen-bond acceptors (Lipinski definition) is 3. The normalized spacial score (nSPS) is 24.9. The minimum absolute atomic E-state index is 0.217. The lowest BCUT2D eigenvalue weighted by molar-refractivity contribution is 0.143. The van der Waals surface area contributed by atoms with Crippen LogP contribution in [0.25, 0.3) is 0 Å². The second-order valence-electron chi connectivity index (χ2n) is 4.68. The number of nitrogens with zero attached hydrogens (tertiary/aromatic N) is 1. The predicted octanol–water partition coefficient (Wildman–Crippen LogP) is 0.687. The summed E-state index contributed by atoms with van der Waals surface area (Å²) in [5.74, 6) is 0.799. The van der Waals surface area contributed by atoms with Crippen molar-refractivity contribution in [2.45, 2.75) is 38.8 Å². The van der Waals surface area contributed by atoms with Crippen LogP contribution in [-0.2, 0) is 0 Å². The van der Waals surface area contributed by atoms with Crippen LogP contribution >= 0.6 is 0 Å². The SMILES string of the molecule is CC(O)C(C)NCC1CCN(C)CC1. The van der Waals surface area contributed by atoms with Crippen LogP contribution < -0.4 is 5.32 Å². The van der Waals surface area contributed by atoms with Gasteiger partial charge in [-0.2, -0.15) is 0 Å². The van der Waals surface area contributed by atoms with Crippen LogP contribution in [0.5, 0.6) is 0 Å². The van der Waals surface area contributed by atoms with Crippen LogP contribution in [0.3, 0.4) is 0 Å². The minimum Gasteiger partial charge on any atom is -0.392 e. The van der Waals surface area contributed by atoms with E-state index < -0.39 is 0 Å². The zero-order valence-corrected chi connectivity index (χ0v) is 9.66. The van der Waals surface area contributed by atoms with E-state index in [1.807, 2.05) is 13.8 Å². The van der Waals surface area contributed by atoms with E-state index in [2.05, 4.69) is 17.3 Å². The molecule has 2 N–H and O–H groups in total. The van der Waals surface area contributed by atoms with Gasteiger partial charge in [-0.3, -0.25) is 0 Å². The molecule has 2 atom stereocenters. The van der Waals surface area contributed by atoms with E-state index in [1.54, 1.807) is 0 Å². The first-order valence-corrected chi connectivity index (χ1v) is 5.69. The maximum atomic E-state index is 9.32. The predicted molar refractivity (Wildman–Crippen MR) is 59.4 cm³/mol. The minimum atomic E-state index is -0.249. The van der Waals surface area contributed by atoms with Crippen LogP contribution in [0.4, 0.5) is 0 Å². The lowest BCUT2D eigenvalue weighted by Gasteiger charge is -2.30. The smallest absolute Gasteiger partial charge is 0.0662 e. The van der Waals surface area contributed by atoms with Gasteiger partial charge in [0, 0.05) is 6.04 Å². The third kappa shape index (κ3) is 3.95. The second-order valence-corrected chi connectivity index (χ2v) is 4.68. The number of aliphatic hydroxyl groups is 1. The molecule has 1 saturated heterocycles. The molecule has 0 spiro atoms. The van der Waals surface area contributed by atoms with Crippen LogP contribution in [0.1, 0.15) is 26.7 Å². The summed E-state index contributed by atoms with van der Waals surface area (Å²) in [4.78, 5) is 2.38. The molecule has 1 aliphatic heterocycles. The lowest BCUT2D eigenvalue weighted by atomic mass is 9.97. The molecule has 0 amide bonds. The van der Waals surface area contributed by atoms with Crippen molar-refractivity contribution in [1.29, 1.82) is 0 Å². The molecule has 0 saturated carbocycles. The number of hydrogen-bond donors (Lipinski definition) is 2. The highest BCUT2D eigenvalue weighted by Gasteiger charge is 2.17. The molecule has 1 heterocycles. The van der Waals surface area contributed by atoms with Crippen molar-refractivity contribution >= 4 is 0 Å². The van der Waals surface area contributed by atoms with Crippen molar-refractivity contribution in [3.8, 4) is 0 Å². The first-order valence-electron chi connectivity index (χ1n) is 5.69. The molecule has 2 unspecified atom stereocenters. The molecule has 1 rings (SSSR count). The number of aliphatic hydroxyl groups excluding tert-OH is 1. The molecule has 84 valence electrons. The van der Waals surface area contributed by atoms with Crippen LogP contribution in [0.2, 0.25) is 0 Å². The summed E-state index contributed by atoms with van der Waals surface area (Å²) in [5, 5.41) is 12.7.